The van der Waals surface area contributed by atoms with Gasteiger partial charge in [-0.25, -0.2) is 0 Å². The zero-order valence-electron chi connectivity index (χ0n) is 12.4. The maximum absolute atomic E-state index is 4.32. The minimum absolute atomic E-state index is 0.814. The van der Waals surface area contributed by atoms with E-state index >= 15 is 0 Å². The summed E-state index contributed by atoms with van der Waals surface area (Å²) in [5.41, 5.74) is 0. The first-order valence-electron chi connectivity index (χ1n) is 6.83. The van der Waals surface area contributed by atoms with E-state index in [-0.39, 0.29) is 0 Å². The summed E-state index contributed by atoms with van der Waals surface area (Å²) in [6.45, 7) is 16.6. The molecule has 0 saturated heterocycles. The molecule has 0 bridgehead atoms. The molecule has 0 aromatic carbocycles. The average Bonchev–Trinajstić information content (AvgIpc) is 1.98. The van der Waals surface area contributed by atoms with E-state index in [1.54, 1.807) is 0 Å². The van der Waals surface area contributed by atoms with Gasteiger partial charge in [-0.15, -0.1) is 0 Å². The summed E-state index contributed by atoms with van der Waals surface area (Å²) in [6.07, 6.45) is 5.61. The molecule has 0 aromatic heterocycles. The van der Waals surface area contributed by atoms with Gasteiger partial charge in [0.1, 0.15) is 0 Å². The Balaban J connectivity index is 5.06. The van der Waals surface area contributed by atoms with Crippen molar-refractivity contribution in [1.29, 1.82) is 0 Å². The minimum atomic E-state index is -1.63. The van der Waals surface area contributed by atoms with Gasteiger partial charge in [-0.3, -0.25) is 0 Å². The molecule has 0 aliphatic rings. The first kappa shape index (κ1) is 16.9. The first-order chi connectivity index (χ1) is 7.11. The van der Waals surface area contributed by atoms with Crippen LogP contribution in [0.5, 0.6) is 0 Å². The van der Waals surface area contributed by atoms with Crippen LogP contribution in [0, 0.1) is 17.8 Å². The van der Waals surface area contributed by atoms with Gasteiger partial charge in [0.05, 0.1) is 0 Å². The molecule has 0 N–H and O–H groups in total. The van der Waals surface area contributed by atoms with E-state index in [0.29, 0.717) is 0 Å². The Morgan fingerprint density at radius 2 is 1.00 bits per heavy atom. The first-order valence-corrected chi connectivity index (χ1v) is 11.8. The predicted molar refractivity (Wildman–Crippen MR) is 85.5 cm³/mol. The van der Waals surface area contributed by atoms with Gasteiger partial charge in [0, 0.05) is 0 Å². The van der Waals surface area contributed by atoms with Crippen LogP contribution in [0.15, 0.2) is 0 Å². The molecule has 0 aromatic rings. The monoisotopic (exact) mass is 310 g/mol. The van der Waals surface area contributed by atoms with Gasteiger partial charge in [0.2, 0.25) is 0 Å². The van der Waals surface area contributed by atoms with Gasteiger partial charge in [-0.05, 0) is 0 Å². The van der Waals surface area contributed by atoms with Crippen molar-refractivity contribution < 1.29 is 0 Å². The SMILES string of the molecule is CCP(Br)(CC(C)C)(CC(C)C)CC(C)C. The number of halogens is 1. The summed E-state index contributed by atoms with van der Waals surface area (Å²) in [5, 5.41) is -1.63. The Labute approximate surface area is 112 Å². The van der Waals surface area contributed by atoms with Crippen molar-refractivity contribution in [3.05, 3.63) is 0 Å². The van der Waals surface area contributed by atoms with Crippen molar-refractivity contribution in [2.45, 2.75) is 48.5 Å². The van der Waals surface area contributed by atoms with Crippen molar-refractivity contribution in [1.82, 2.24) is 0 Å². The summed E-state index contributed by atoms with van der Waals surface area (Å²) in [5.74, 6) is 2.44. The fraction of sp³-hybridized carbons (Fsp3) is 1.00. The predicted octanol–water partition coefficient (Wildman–Crippen LogP) is 5.84. The zero-order valence-corrected chi connectivity index (χ0v) is 14.9. The van der Waals surface area contributed by atoms with Crippen LogP contribution in [0.1, 0.15) is 48.5 Å². The van der Waals surface area contributed by atoms with Crippen LogP contribution in [0.4, 0.5) is 0 Å². The molecule has 0 saturated carbocycles. The Morgan fingerprint density at radius 1 is 0.750 bits per heavy atom. The van der Waals surface area contributed by atoms with E-state index in [4.69, 9.17) is 0 Å². The fourth-order valence-corrected chi connectivity index (χ4v) is 15.3. The molecule has 0 unspecified atom stereocenters. The van der Waals surface area contributed by atoms with E-state index in [1.807, 2.05) is 0 Å². The Hall–Kier alpha value is 0.910. The molecule has 0 amide bonds. The summed E-state index contributed by atoms with van der Waals surface area (Å²) in [4.78, 5) is 0. The van der Waals surface area contributed by atoms with Gasteiger partial charge < -0.3 is 0 Å². The zero-order chi connectivity index (χ0) is 13.0. The summed E-state index contributed by atoms with van der Waals surface area (Å²) in [6, 6.07) is 0. The second-order valence-corrected chi connectivity index (χ2v) is 18.3. The molecule has 0 rings (SSSR count). The van der Waals surface area contributed by atoms with E-state index in [1.165, 1.54) is 24.6 Å². The summed E-state index contributed by atoms with van der Waals surface area (Å²) >= 11 is 4.32. The normalized spacial score (nSPS) is 15.8. The van der Waals surface area contributed by atoms with Crippen LogP contribution < -0.4 is 0 Å². The molecule has 0 atom stereocenters. The second-order valence-electron chi connectivity index (χ2n) is 6.87. The van der Waals surface area contributed by atoms with E-state index < -0.39 is 5.31 Å². The third kappa shape index (κ3) is 5.50. The molecule has 0 radical (unpaired) electrons. The van der Waals surface area contributed by atoms with Gasteiger partial charge in [-0.1, -0.05) is 0 Å². The van der Waals surface area contributed by atoms with Crippen LogP contribution in [0.2, 0.25) is 0 Å². The maximum atomic E-state index is 4.32. The molecule has 0 nitrogen and oxygen atoms in total. The van der Waals surface area contributed by atoms with Crippen molar-refractivity contribution in [3.8, 4) is 0 Å². The third-order valence-electron chi connectivity index (χ3n) is 3.25. The second kappa shape index (κ2) is 6.19. The number of rotatable bonds is 7. The van der Waals surface area contributed by atoms with Gasteiger partial charge in [0.15, 0.2) is 0 Å². The van der Waals surface area contributed by atoms with Crippen molar-refractivity contribution in [2.75, 3.05) is 24.6 Å². The molecule has 0 aliphatic heterocycles. The van der Waals surface area contributed by atoms with Crippen molar-refractivity contribution >= 4 is 20.8 Å². The van der Waals surface area contributed by atoms with Crippen LogP contribution >= 0.6 is 20.8 Å². The quantitative estimate of drug-likeness (QED) is 0.518. The number of hydrogen-bond donors (Lipinski definition) is 0. The summed E-state index contributed by atoms with van der Waals surface area (Å²) < 4.78 is 0. The topological polar surface area (TPSA) is 0 Å². The van der Waals surface area contributed by atoms with E-state index in [0.717, 1.165) is 17.8 Å². The van der Waals surface area contributed by atoms with Crippen LogP contribution in [-0.2, 0) is 0 Å². The third-order valence-corrected chi connectivity index (χ3v) is 13.9. The molecular weight excluding hydrogens is 279 g/mol. The Kier molecular flexibility index (Phi) is 6.54. The van der Waals surface area contributed by atoms with Crippen molar-refractivity contribution in [3.63, 3.8) is 0 Å². The van der Waals surface area contributed by atoms with Gasteiger partial charge in [0.25, 0.3) is 0 Å². The molecule has 100 valence electrons. The van der Waals surface area contributed by atoms with Gasteiger partial charge in [-0.2, -0.15) is 0 Å². The van der Waals surface area contributed by atoms with Crippen LogP contribution in [0.3, 0.4) is 0 Å². The standard InChI is InChI=1S/C14H32BrP/c1-8-16(15,9-12(2)3,10-13(4)5)11-14(6)7/h12-14H,8-11H2,1-7H3. The van der Waals surface area contributed by atoms with Crippen LogP contribution in [-0.4, -0.2) is 24.6 Å². The molecule has 0 aliphatic carbocycles. The Bertz CT molecular complexity index is 179. The number of hydrogen-bond acceptors (Lipinski definition) is 0. The summed E-state index contributed by atoms with van der Waals surface area (Å²) in [7, 11) is 0. The van der Waals surface area contributed by atoms with E-state index in [9.17, 15) is 0 Å². The Morgan fingerprint density at radius 3 is 1.12 bits per heavy atom. The average molecular weight is 311 g/mol. The fourth-order valence-electron chi connectivity index (χ4n) is 3.35. The van der Waals surface area contributed by atoms with Crippen LogP contribution in [0.25, 0.3) is 0 Å². The molecule has 16 heavy (non-hydrogen) atoms. The van der Waals surface area contributed by atoms with Gasteiger partial charge >= 0.3 is 112 Å². The molecule has 2 heteroatoms. The molecule has 0 fully saturated rings. The molecule has 0 heterocycles. The van der Waals surface area contributed by atoms with E-state index in [2.05, 4.69) is 64.0 Å². The molecule has 0 spiro atoms. The molecular formula is C14H32BrP. The van der Waals surface area contributed by atoms with Crippen molar-refractivity contribution in [2.24, 2.45) is 17.8 Å².